The number of nitrogens with one attached hydrogen (secondary N) is 2. The van der Waals surface area contributed by atoms with E-state index in [2.05, 4.69) is 10.6 Å². The lowest BCUT2D eigenvalue weighted by molar-refractivity contribution is -0.129. The number of rotatable bonds is 4. The van der Waals surface area contributed by atoms with Gasteiger partial charge in [-0.1, -0.05) is 6.07 Å². The molecular formula is C18H25F2N3O3. The fraction of sp³-hybridized carbons (Fsp3) is 0.556. The molecule has 1 aliphatic heterocycles. The normalized spacial score (nSPS) is 16.9. The van der Waals surface area contributed by atoms with Gasteiger partial charge in [-0.15, -0.1) is 0 Å². The van der Waals surface area contributed by atoms with Gasteiger partial charge in [0, 0.05) is 37.7 Å². The summed E-state index contributed by atoms with van der Waals surface area (Å²) in [5.41, 5.74) is -1.46. The summed E-state index contributed by atoms with van der Waals surface area (Å²) in [5.74, 6) is -1.57. The number of halogens is 2. The summed E-state index contributed by atoms with van der Waals surface area (Å²) in [6.45, 7) is 5.49. The van der Waals surface area contributed by atoms with Crippen molar-refractivity contribution < 1.29 is 23.5 Å². The highest BCUT2D eigenvalue weighted by atomic mass is 19.1. The van der Waals surface area contributed by atoms with Crippen molar-refractivity contribution in [3.8, 4) is 0 Å². The average molecular weight is 369 g/mol. The van der Waals surface area contributed by atoms with Crippen LogP contribution in [0.3, 0.4) is 0 Å². The number of hydrogen-bond donors (Lipinski definition) is 3. The minimum absolute atomic E-state index is 0.000416. The molecule has 3 N–H and O–H groups in total. The van der Waals surface area contributed by atoms with Crippen LogP contribution in [0, 0.1) is 11.6 Å². The fourth-order valence-electron chi connectivity index (χ4n) is 3.07. The molecule has 0 bridgehead atoms. The van der Waals surface area contributed by atoms with Crippen molar-refractivity contribution in [2.45, 2.75) is 51.3 Å². The first-order valence-corrected chi connectivity index (χ1v) is 8.58. The highest BCUT2D eigenvalue weighted by Crippen LogP contribution is 2.28. The second-order valence-corrected chi connectivity index (χ2v) is 7.15. The van der Waals surface area contributed by atoms with Crippen molar-refractivity contribution in [2.75, 3.05) is 13.1 Å². The van der Waals surface area contributed by atoms with Crippen LogP contribution in [0.25, 0.3) is 0 Å². The predicted octanol–water partition coefficient (Wildman–Crippen LogP) is 2.09. The van der Waals surface area contributed by atoms with Gasteiger partial charge >= 0.3 is 6.03 Å². The third-order valence-electron chi connectivity index (χ3n) is 4.53. The zero-order valence-corrected chi connectivity index (χ0v) is 15.2. The quantitative estimate of drug-likeness (QED) is 0.760. The summed E-state index contributed by atoms with van der Waals surface area (Å²) in [7, 11) is 0. The van der Waals surface area contributed by atoms with Gasteiger partial charge in [0.2, 0.25) is 5.91 Å². The van der Waals surface area contributed by atoms with E-state index in [0.29, 0.717) is 32.0 Å². The molecule has 0 spiro atoms. The first kappa shape index (κ1) is 20.1. The number of benzene rings is 1. The van der Waals surface area contributed by atoms with Crippen LogP contribution in [0.5, 0.6) is 0 Å². The molecular weight excluding hydrogens is 344 g/mol. The Bertz CT molecular complexity index is 668. The topological polar surface area (TPSA) is 81.7 Å². The molecule has 0 radical (unpaired) electrons. The lowest BCUT2D eigenvalue weighted by Gasteiger charge is -2.34. The number of aliphatic hydroxyl groups is 1. The van der Waals surface area contributed by atoms with Gasteiger partial charge in [0.1, 0.15) is 11.6 Å². The molecule has 0 aliphatic carbocycles. The summed E-state index contributed by atoms with van der Waals surface area (Å²) in [4.78, 5) is 25.4. The molecule has 3 amide bonds. The SMILES string of the molecule is CC(=O)N1CCC(NC(=O)N[C@H](c2ccc(F)cc2F)C(C)(C)O)CC1. The van der Waals surface area contributed by atoms with Crippen LogP contribution in [0.4, 0.5) is 13.6 Å². The Morgan fingerprint density at radius 3 is 2.38 bits per heavy atom. The van der Waals surface area contributed by atoms with Crippen LogP contribution in [-0.4, -0.2) is 46.7 Å². The number of urea groups is 1. The van der Waals surface area contributed by atoms with Gasteiger partial charge < -0.3 is 20.6 Å². The van der Waals surface area contributed by atoms with Crippen LogP contribution in [-0.2, 0) is 4.79 Å². The van der Waals surface area contributed by atoms with E-state index in [1.54, 1.807) is 4.90 Å². The maximum atomic E-state index is 14.1. The number of nitrogens with zero attached hydrogens (tertiary/aromatic N) is 1. The predicted molar refractivity (Wildman–Crippen MR) is 92.3 cm³/mol. The number of piperidine rings is 1. The maximum Gasteiger partial charge on any atom is 0.315 e. The summed E-state index contributed by atoms with van der Waals surface area (Å²) >= 11 is 0. The molecule has 144 valence electrons. The summed E-state index contributed by atoms with van der Waals surface area (Å²) < 4.78 is 27.2. The molecule has 2 rings (SSSR count). The average Bonchev–Trinajstić information content (AvgIpc) is 2.53. The molecule has 1 fully saturated rings. The number of likely N-dealkylation sites (tertiary alicyclic amines) is 1. The lowest BCUT2D eigenvalue weighted by atomic mass is 9.91. The Morgan fingerprint density at radius 2 is 1.88 bits per heavy atom. The van der Waals surface area contributed by atoms with Crippen molar-refractivity contribution >= 4 is 11.9 Å². The van der Waals surface area contributed by atoms with E-state index in [1.807, 2.05) is 0 Å². The second-order valence-electron chi connectivity index (χ2n) is 7.15. The minimum atomic E-state index is -1.46. The van der Waals surface area contributed by atoms with Gasteiger partial charge in [-0.05, 0) is 32.8 Å². The molecule has 1 saturated heterocycles. The zero-order chi connectivity index (χ0) is 19.5. The number of carbonyl (C=O) groups is 2. The van der Waals surface area contributed by atoms with Crippen molar-refractivity contribution in [1.82, 2.24) is 15.5 Å². The monoisotopic (exact) mass is 369 g/mol. The van der Waals surface area contributed by atoms with Gasteiger partial charge in [0.05, 0.1) is 11.6 Å². The van der Waals surface area contributed by atoms with E-state index >= 15 is 0 Å². The van der Waals surface area contributed by atoms with Crippen LogP contribution >= 0.6 is 0 Å². The van der Waals surface area contributed by atoms with Crippen LogP contribution < -0.4 is 10.6 Å². The molecule has 0 aromatic heterocycles. The molecule has 8 heteroatoms. The first-order chi connectivity index (χ1) is 12.1. The van der Waals surface area contributed by atoms with E-state index < -0.39 is 29.3 Å². The Kier molecular flexibility index (Phi) is 6.17. The lowest BCUT2D eigenvalue weighted by Crippen LogP contribution is -2.52. The van der Waals surface area contributed by atoms with Crippen LogP contribution in [0.2, 0.25) is 0 Å². The van der Waals surface area contributed by atoms with Crippen molar-refractivity contribution in [3.63, 3.8) is 0 Å². The van der Waals surface area contributed by atoms with E-state index in [9.17, 15) is 23.5 Å². The smallest absolute Gasteiger partial charge is 0.315 e. The maximum absolute atomic E-state index is 14.1. The van der Waals surface area contributed by atoms with Gasteiger partial charge in [-0.2, -0.15) is 0 Å². The highest BCUT2D eigenvalue weighted by Gasteiger charge is 2.33. The van der Waals surface area contributed by atoms with Crippen molar-refractivity contribution in [3.05, 3.63) is 35.4 Å². The molecule has 1 heterocycles. The van der Waals surface area contributed by atoms with E-state index in [1.165, 1.54) is 26.8 Å². The highest BCUT2D eigenvalue weighted by molar-refractivity contribution is 5.75. The third-order valence-corrected chi connectivity index (χ3v) is 4.53. The van der Waals surface area contributed by atoms with Gasteiger partial charge in [-0.3, -0.25) is 4.79 Å². The summed E-state index contributed by atoms with van der Waals surface area (Å²) in [6.07, 6.45) is 1.23. The summed E-state index contributed by atoms with van der Waals surface area (Å²) in [5, 5.41) is 15.7. The van der Waals surface area contributed by atoms with Crippen molar-refractivity contribution in [1.29, 1.82) is 0 Å². The second kappa shape index (κ2) is 7.99. The summed E-state index contributed by atoms with van der Waals surface area (Å²) in [6, 6.07) is 1.27. The van der Waals surface area contributed by atoms with E-state index in [-0.39, 0.29) is 17.5 Å². The zero-order valence-electron chi connectivity index (χ0n) is 15.2. The largest absolute Gasteiger partial charge is 0.388 e. The molecule has 0 unspecified atom stereocenters. The Morgan fingerprint density at radius 1 is 1.27 bits per heavy atom. The van der Waals surface area contributed by atoms with Crippen LogP contribution in [0.15, 0.2) is 18.2 Å². The number of amides is 3. The van der Waals surface area contributed by atoms with Crippen molar-refractivity contribution in [2.24, 2.45) is 0 Å². The standard InChI is InChI=1S/C18H25F2N3O3/c1-11(24)23-8-6-13(7-9-23)21-17(25)22-16(18(2,3)26)14-5-4-12(19)10-15(14)20/h4-5,10,13,16,26H,6-9H2,1-3H3,(H2,21,22,25)/t16-/m1/s1. The third kappa shape index (κ3) is 5.14. The molecule has 1 atom stereocenters. The Balaban J connectivity index is 2.03. The molecule has 1 aromatic rings. The van der Waals surface area contributed by atoms with Gasteiger partial charge in [0.15, 0.2) is 0 Å². The number of hydrogen-bond acceptors (Lipinski definition) is 3. The van der Waals surface area contributed by atoms with Crippen LogP contribution in [0.1, 0.15) is 45.2 Å². The first-order valence-electron chi connectivity index (χ1n) is 8.58. The molecule has 6 nitrogen and oxygen atoms in total. The Hall–Kier alpha value is -2.22. The van der Waals surface area contributed by atoms with Gasteiger partial charge in [-0.25, -0.2) is 13.6 Å². The Labute approximate surface area is 151 Å². The number of carbonyl (C=O) groups excluding carboxylic acids is 2. The molecule has 26 heavy (non-hydrogen) atoms. The molecule has 1 aliphatic rings. The molecule has 1 aromatic carbocycles. The fourth-order valence-corrected chi connectivity index (χ4v) is 3.07. The molecule has 0 saturated carbocycles. The van der Waals surface area contributed by atoms with E-state index in [0.717, 1.165) is 6.07 Å². The minimum Gasteiger partial charge on any atom is -0.388 e. The van der Waals surface area contributed by atoms with Gasteiger partial charge in [0.25, 0.3) is 0 Å². The van der Waals surface area contributed by atoms with E-state index in [4.69, 9.17) is 0 Å².